The van der Waals surface area contributed by atoms with Gasteiger partial charge in [0.05, 0.1) is 22.9 Å². The minimum atomic E-state index is -0.949. The zero-order chi connectivity index (χ0) is 16.9. The van der Waals surface area contributed by atoms with Crippen LogP contribution in [-0.4, -0.2) is 21.9 Å². The van der Waals surface area contributed by atoms with Gasteiger partial charge >= 0.3 is 0 Å². The highest BCUT2D eigenvalue weighted by Gasteiger charge is 2.26. The average Bonchev–Trinajstić information content (AvgIpc) is 3.02. The fourth-order valence-corrected chi connectivity index (χ4v) is 4.51. The molecule has 0 aliphatic carbocycles. The summed E-state index contributed by atoms with van der Waals surface area (Å²) in [6.45, 7) is 2.40. The molecule has 0 saturated carbocycles. The number of fused-ring (bicyclic) bond motifs is 1. The first-order valence-electron chi connectivity index (χ1n) is 7.54. The molecule has 3 rings (SSSR count). The van der Waals surface area contributed by atoms with Crippen molar-refractivity contribution in [2.24, 2.45) is 0 Å². The van der Waals surface area contributed by atoms with Crippen LogP contribution in [0, 0.1) is 11.3 Å². The first-order valence-corrected chi connectivity index (χ1v) is 9.24. The highest BCUT2D eigenvalue weighted by Crippen LogP contribution is 2.38. The molecule has 6 heteroatoms. The lowest BCUT2D eigenvalue weighted by molar-refractivity contribution is 0.182. The van der Waals surface area contributed by atoms with Crippen LogP contribution in [-0.2, 0) is 0 Å². The van der Waals surface area contributed by atoms with Crippen molar-refractivity contribution >= 4 is 33.3 Å². The molecular formula is C18H16N2O2S2. The predicted molar refractivity (Wildman–Crippen MR) is 97.4 cm³/mol. The number of nitrogens with zero attached hydrogens (tertiary/aromatic N) is 2. The molecule has 0 saturated heterocycles. The maximum absolute atomic E-state index is 10.7. The molecule has 0 amide bonds. The number of ether oxygens (including phenoxy) is 1. The van der Waals surface area contributed by atoms with Crippen LogP contribution < -0.4 is 4.74 Å². The van der Waals surface area contributed by atoms with E-state index in [9.17, 15) is 10.4 Å². The maximum atomic E-state index is 10.7. The van der Waals surface area contributed by atoms with Crippen molar-refractivity contribution in [3.05, 3.63) is 54.1 Å². The molecule has 0 aliphatic rings. The van der Waals surface area contributed by atoms with Gasteiger partial charge in [-0.25, -0.2) is 4.98 Å². The molecule has 4 nitrogen and oxygen atoms in total. The number of aromatic nitrogens is 1. The van der Waals surface area contributed by atoms with E-state index in [1.54, 1.807) is 12.1 Å². The Balaban J connectivity index is 1.84. The fraction of sp³-hybridized carbons (Fsp3) is 0.222. The second kappa shape index (κ2) is 7.67. The molecule has 24 heavy (non-hydrogen) atoms. The van der Waals surface area contributed by atoms with Crippen molar-refractivity contribution in [2.45, 2.75) is 22.6 Å². The van der Waals surface area contributed by atoms with Gasteiger partial charge in [0.2, 0.25) is 0 Å². The number of hydrogen-bond acceptors (Lipinski definition) is 6. The molecule has 122 valence electrons. The second-order valence-electron chi connectivity index (χ2n) is 5.03. The molecule has 0 unspecified atom stereocenters. The molecule has 2 aromatic carbocycles. The van der Waals surface area contributed by atoms with Crippen molar-refractivity contribution in [2.75, 3.05) is 6.61 Å². The normalized spacial score (nSPS) is 13.4. The van der Waals surface area contributed by atoms with Gasteiger partial charge in [0.15, 0.2) is 4.34 Å². The number of nitriles is 1. The number of rotatable bonds is 6. The lowest BCUT2D eigenvalue weighted by Crippen LogP contribution is -2.14. The number of aliphatic hydroxyl groups excluding tert-OH is 1. The van der Waals surface area contributed by atoms with Crippen LogP contribution in [0.15, 0.2) is 52.9 Å². The lowest BCUT2D eigenvalue weighted by atomic mass is 10.1. The van der Waals surface area contributed by atoms with Crippen LogP contribution in [0.1, 0.15) is 18.6 Å². The Hall–Kier alpha value is -2.07. The first-order chi connectivity index (χ1) is 11.7. The Morgan fingerprint density at radius 2 is 2.00 bits per heavy atom. The van der Waals surface area contributed by atoms with E-state index in [1.807, 2.05) is 43.3 Å². The highest BCUT2D eigenvalue weighted by molar-refractivity contribution is 8.02. The number of thiazole rings is 1. The van der Waals surface area contributed by atoms with Crippen LogP contribution in [0.2, 0.25) is 0 Å². The molecule has 1 heterocycles. The SMILES string of the molecule is CCOc1ccccc1[C@@H](O)[C@H](C#N)Sc1nc2ccccc2s1. The molecule has 1 N–H and O–H groups in total. The Morgan fingerprint density at radius 1 is 1.25 bits per heavy atom. The van der Waals surface area contributed by atoms with E-state index in [2.05, 4.69) is 11.1 Å². The summed E-state index contributed by atoms with van der Waals surface area (Å²) in [6, 6.07) is 17.3. The standard InChI is InChI=1S/C18H16N2O2S2/c1-2-22-14-9-5-3-7-12(14)17(21)16(11-19)24-18-20-13-8-4-6-10-15(13)23-18/h3-10,16-17,21H,2H2,1H3/t16-,17+/m0/s1. The Kier molecular flexibility index (Phi) is 5.36. The van der Waals surface area contributed by atoms with Crippen LogP contribution in [0.25, 0.3) is 10.2 Å². The molecule has 0 spiro atoms. The molecule has 2 atom stereocenters. The van der Waals surface area contributed by atoms with E-state index in [0.29, 0.717) is 17.9 Å². The molecular weight excluding hydrogens is 340 g/mol. The predicted octanol–water partition coefficient (Wildman–Crippen LogP) is 4.41. The Morgan fingerprint density at radius 3 is 2.75 bits per heavy atom. The van der Waals surface area contributed by atoms with Gasteiger partial charge in [0, 0.05) is 5.56 Å². The van der Waals surface area contributed by atoms with Crippen LogP contribution in [0.4, 0.5) is 0 Å². The summed E-state index contributed by atoms with van der Waals surface area (Å²) in [7, 11) is 0. The zero-order valence-corrected chi connectivity index (χ0v) is 14.7. The number of thioether (sulfide) groups is 1. The van der Waals surface area contributed by atoms with Gasteiger partial charge in [-0.3, -0.25) is 0 Å². The second-order valence-corrected chi connectivity index (χ2v) is 7.45. The van der Waals surface area contributed by atoms with E-state index in [1.165, 1.54) is 23.1 Å². The minimum absolute atomic E-state index is 0.506. The van der Waals surface area contributed by atoms with E-state index >= 15 is 0 Å². The summed E-state index contributed by atoms with van der Waals surface area (Å²) in [5.74, 6) is 0.609. The topological polar surface area (TPSA) is 66.1 Å². The molecule has 0 radical (unpaired) electrons. The van der Waals surface area contributed by atoms with Gasteiger partial charge in [-0.05, 0) is 25.1 Å². The van der Waals surface area contributed by atoms with Gasteiger partial charge in [-0.2, -0.15) is 5.26 Å². The summed E-state index contributed by atoms with van der Waals surface area (Å²) >= 11 is 2.81. The summed E-state index contributed by atoms with van der Waals surface area (Å²) in [5.41, 5.74) is 1.53. The summed E-state index contributed by atoms with van der Waals surface area (Å²) < 4.78 is 7.40. The quantitative estimate of drug-likeness (QED) is 0.663. The highest BCUT2D eigenvalue weighted by atomic mass is 32.2. The third kappa shape index (κ3) is 3.54. The lowest BCUT2D eigenvalue weighted by Gasteiger charge is -2.18. The van der Waals surface area contributed by atoms with Gasteiger partial charge in [-0.15, -0.1) is 11.3 Å². The van der Waals surface area contributed by atoms with Crippen molar-refractivity contribution in [1.82, 2.24) is 4.98 Å². The first kappa shape index (κ1) is 16.8. The van der Waals surface area contributed by atoms with Gasteiger partial charge in [0.25, 0.3) is 0 Å². The van der Waals surface area contributed by atoms with Crippen LogP contribution in [0.5, 0.6) is 5.75 Å². The molecule has 0 bridgehead atoms. The fourth-order valence-electron chi connectivity index (χ4n) is 2.35. The van der Waals surface area contributed by atoms with E-state index < -0.39 is 11.4 Å². The van der Waals surface area contributed by atoms with Gasteiger partial charge < -0.3 is 9.84 Å². The van der Waals surface area contributed by atoms with Crippen molar-refractivity contribution in [1.29, 1.82) is 5.26 Å². The van der Waals surface area contributed by atoms with Crippen LogP contribution >= 0.6 is 23.1 Å². The third-order valence-electron chi connectivity index (χ3n) is 3.45. The van der Waals surface area contributed by atoms with E-state index in [0.717, 1.165) is 14.6 Å². The largest absolute Gasteiger partial charge is 0.493 e. The van der Waals surface area contributed by atoms with Gasteiger partial charge in [0.1, 0.15) is 17.1 Å². The smallest absolute Gasteiger partial charge is 0.152 e. The van der Waals surface area contributed by atoms with Crippen molar-refractivity contribution in [3.8, 4) is 11.8 Å². The maximum Gasteiger partial charge on any atom is 0.152 e. The third-order valence-corrected chi connectivity index (χ3v) is 5.73. The number of benzene rings is 2. The van der Waals surface area contributed by atoms with Crippen LogP contribution in [0.3, 0.4) is 0 Å². The van der Waals surface area contributed by atoms with Gasteiger partial charge in [-0.1, -0.05) is 42.1 Å². The molecule has 0 aliphatic heterocycles. The number of aliphatic hydroxyl groups is 1. The Bertz CT molecular complexity index is 840. The monoisotopic (exact) mass is 356 g/mol. The van der Waals surface area contributed by atoms with Crippen molar-refractivity contribution in [3.63, 3.8) is 0 Å². The minimum Gasteiger partial charge on any atom is -0.493 e. The summed E-state index contributed by atoms with van der Waals surface area (Å²) in [6.07, 6.45) is -0.949. The summed E-state index contributed by atoms with van der Waals surface area (Å²) in [4.78, 5) is 4.52. The van der Waals surface area contributed by atoms with E-state index in [4.69, 9.17) is 4.74 Å². The number of hydrogen-bond donors (Lipinski definition) is 1. The van der Waals surface area contributed by atoms with E-state index in [-0.39, 0.29) is 0 Å². The average molecular weight is 356 g/mol. The molecule has 0 fully saturated rings. The molecule has 1 aromatic heterocycles. The molecule has 3 aromatic rings. The Labute approximate surface area is 148 Å². The zero-order valence-electron chi connectivity index (χ0n) is 13.0. The van der Waals surface area contributed by atoms with Crippen molar-refractivity contribution < 1.29 is 9.84 Å². The number of para-hydroxylation sites is 2. The summed E-state index contributed by atoms with van der Waals surface area (Å²) in [5, 5.41) is 19.5.